The van der Waals surface area contributed by atoms with Gasteiger partial charge >= 0.3 is 0 Å². The first-order valence-corrected chi connectivity index (χ1v) is 8.05. The smallest absolute Gasteiger partial charge is 0.245 e. The first-order chi connectivity index (χ1) is 11.0. The number of aliphatic hydroxyl groups is 1. The zero-order valence-corrected chi connectivity index (χ0v) is 15.2. The molecule has 0 radical (unpaired) electrons. The Kier molecular flexibility index (Phi) is 9.03. The summed E-state index contributed by atoms with van der Waals surface area (Å²) in [5, 5.41) is 14.2. The second-order valence-corrected chi connectivity index (χ2v) is 7.41. The molecular weight excluding hydrogens is 317 g/mol. The molecule has 1 heterocycles. The fourth-order valence-electron chi connectivity index (χ4n) is 2.06. The van der Waals surface area contributed by atoms with Crippen LogP contribution in [0.5, 0.6) is 0 Å². The van der Waals surface area contributed by atoms with Gasteiger partial charge in [0.25, 0.3) is 0 Å². The Labute approximate surface area is 143 Å². The van der Waals surface area contributed by atoms with Crippen molar-refractivity contribution in [3.63, 3.8) is 0 Å². The standard InChI is InChI=1S/C11H20N2O3.C4H7F.CH3NO/c1-11(2,3)9(12-7-14)10(16)13-5-4-8(15)6-13;1-4(5)2-3-4;1-2-3/h7-9,15H,4-6H2,1-3H3,(H,12,14);2-3H2,1H3;1H3. The molecule has 0 aromatic carbocycles. The molecule has 140 valence electrons. The molecule has 0 spiro atoms. The average molecular weight is 347 g/mol. The Bertz CT molecular complexity index is 418. The molecule has 0 bridgehead atoms. The predicted octanol–water partition coefficient (Wildman–Crippen LogP) is 1.63. The molecular formula is C16H30FN3O4. The molecule has 2 rings (SSSR count). The number of hydrogen-bond acceptors (Lipinski definition) is 5. The van der Waals surface area contributed by atoms with Gasteiger partial charge in [-0.2, -0.15) is 4.91 Å². The zero-order chi connectivity index (χ0) is 19.0. The molecule has 2 aliphatic rings. The minimum absolute atomic E-state index is 0.115. The van der Waals surface area contributed by atoms with Gasteiger partial charge in [-0.25, -0.2) is 4.39 Å². The van der Waals surface area contributed by atoms with Gasteiger partial charge in [-0.15, -0.1) is 0 Å². The number of β-amino-alcohol motifs (C(OH)–C–C–N with tert-alkyl or cyclic N) is 1. The summed E-state index contributed by atoms with van der Waals surface area (Å²) in [6, 6.07) is -0.532. The highest BCUT2D eigenvalue weighted by molar-refractivity contribution is 5.84. The van der Waals surface area contributed by atoms with Crippen LogP contribution in [0, 0.1) is 10.3 Å². The van der Waals surface area contributed by atoms with E-state index in [0.29, 0.717) is 25.9 Å². The second kappa shape index (κ2) is 9.66. The number of rotatable bonds is 3. The van der Waals surface area contributed by atoms with Crippen molar-refractivity contribution < 1.29 is 19.1 Å². The number of nitrogens with one attached hydrogen (secondary N) is 1. The van der Waals surface area contributed by atoms with Crippen LogP contribution in [0.25, 0.3) is 0 Å². The highest BCUT2D eigenvalue weighted by Gasteiger charge is 2.37. The Balaban J connectivity index is 0.000000542. The van der Waals surface area contributed by atoms with E-state index in [9.17, 15) is 19.1 Å². The first kappa shape index (κ1) is 22.4. The topological polar surface area (TPSA) is 99.1 Å². The lowest BCUT2D eigenvalue weighted by atomic mass is 9.86. The van der Waals surface area contributed by atoms with E-state index >= 15 is 0 Å². The van der Waals surface area contributed by atoms with Crippen LogP contribution in [-0.4, -0.2) is 60.3 Å². The van der Waals surface area contributed by atoms with Gasteiger partial charge in [-0.05, 0) is 31.6 Å². The van der Waals surface area contributed by atoms with Crippen molar-refractivity contribution in [2.24, 2.45) is 10.6 Å². The minimum atomic E-state index is -0.750. The molecule has 2 N–H and O–H groups in total. The average Bonchev–Trinajstić information content (AvgIpc) is 2.97. The second-order valence-electron chi connectivity index (χ2n) is 7.41. The van der Waals surface area contributed by atoms with Crippen LogP contribution in [-0.2, 0) is 9.59 Å². The van der Waals surface area contributed by atoms with Gasteiger partial charge in [0.15, 0.2) is 0 Å². The lowest BCUT2D eigenvalue weighted by molar-refractivity contribution is -0.137. The lowest BCUT2D eigenvalue weighted by Gasteiger charge is -2.32. The van der Waals surface area contributed by atoms with Gasteiger partial charge in [0.1, 0.15) is 11.7 Å². The fourth-order valence-corrected chi connectivity index (χ4v) is 2.06. The van der Waals surface area contributed by atoms with Crippen LogP contribution in [0.3, 0.4) is 0 Å². The van der Waals surface area contributed by atoms with Crippen LogP contribution in [0.1, 0.15) is 47.0 Å². The van der Waals surface area contributed by atoms with Crippen molar-refractivity contribution in [2.75, 3.05) is 20.1 Å². The largest absolute Gasteiger partial charge is 0.391 e. The first-order valence-electron chi connectivity index (χ1n) is 8.05. The molecule has 2 amide bonds. The number of aliphatic hydroxyl groups excluding tert-OH is 1. The summed E-state index contributed by atoms with van der Waals surface area (Å²) in [5.41, 5.74) is -1.08. The van der Waals surface area contributed by atoms with Gasteiger partial charge in [0, 0.05) is 13.1 Å². The monoisotopic (exact) mass is 347 g/mol. The number of hydrogen-bond donors (Lipinski definition) is 2. The van der Waals surface area contributed by atoms with E-state index in [-0.39, 0.29) is 11.3 Å². The molecule has 2 unspecified atom stereocenters. The predicted molar refractivity (Wildman–Crippen MR) is 90.1 cm³/mol. The van der Waals surface area contributed by atoms with Gasteiger partial charge in [0.2, 0.25) is 12.3 Å². The molecule has 1 aliphatic carbocycles. The fraction of sp³-hybridized carbons (Fsp3) is 0.875. The van der Waals surface area contributed by atoms with Gasteiger partial charge in [-0.1, -0.05) is 25.9 Å². The van der Waals surface area contributed by atoms with Crippen LogP contribution in [0.4, 0.5) is 4.39 Å². The summed E-state index contributed by atoms with van der Waals surface area (Å²) in [6.45, 7) is 8.27. The number of nitrogens with zero attached hydrogens (tertiary/aromatic N) is 2. The highest BCUT2D eigenvalue weighted by Crippen LogP contribution is 2.38. The Morgan fingerprint density at radius 3 is 2.17 bits per heavy atom. The maximum absolute atomic E-state index is 12.1. The summed E-state index contributed by atoms with van der Waals surface area (Å²) in [7, 11) is 1.19. The maximum Gasteiger partial charge on any atom is 0.245 e. The summed E-state index contributed by atoms with van der Waals surface area (Å²) < 4.78 is 11.8. The molecule has 8 heteroatoms. The van der Waals surface area contributed by atoms with Gasteiger partial charge in [-0.3, -0.25) is 9.59 Å². The lowest BCUT2D eigenvalue weighted by Crippen LogP contribution is -2.52. The van der Waals surface area contributed by atoms with E-state index in [1.54, 1.807) is 11.8 Å². The third-order valence-corrected chi connectivity index (χ3v) is 3.76. The zero-order valence-electron chi connectivity index (χ0n) is 15.2. The van der Waals surface area contributed by atoms with E-state index < -0.39 is 17.8 Å². The number of nitroso groups, excluding NO2 is 1. The number of amides is 2. The van der Waals surface area contributed by atoms with E-state index in [1.165, 1.54) is 7.05 Å². The third kappa shape index (κ3) is 8.90. The number of carbonyl (C=O) groups is 2. The van der Waals surface area contributed by atoms with Crippen LogP contribution in [0.2, 0.25) is 0 Å². The Morgan fingerprint density at radius 1 is 1.46 bits per heavy atom. The van der Waals surface area contributed by atoms with Crippen LogP contribution in [0.15, 0.2) is 5.18 Å². The summed E-state index contributed by atoms with van der Waals surface area (Å²) in [5.74, 6) is -0.115. The van der Waals surface area contributed by atoms with Crippen molar-refractivity contribution in [2.45, 2.75) is 64.8 Å². The number of likely N-dealkylation sites (tertiary alicyclic amines) is 1. The van der Waals surface area contributed by atoms with E-state index in [2.05, 4.69) is 10.5 Å². The summed E-state index contributed by atoms with van der Waals surface area (Å²) >= 11 is 0. The molecule has 2 fully saturated rings. The molecule has 7 nitrogen and oxygen atoms in total. The summed E-state index contributed by atoms with van der Waals surface area (Å²) in [6.07, 6.45) is 2.31. The minimum Gasteiger partial charge on any atom is -0.391 e. The van der Waals surface area contributed by atoms with Crippen molar-refractivity contribution >= 4 is 12.3 Å². The van der Waals surface area contributed by atoms with Crippen molar-refractivity contribution in [1.82, 2.24) is 10.2 Å². The van der Waals surface area contributed by atoms with E-state index in [0.717, 1.165) is 12.8 Å². The Hall–Kier alpha value is -1.57. The molecule has 1 saturated heterocycles. The third-order valence-electron chi connectivity index (χ3n) is 3.76. The molecule has 24 heavy (non-hydrogen) atoms. The van der Waals surface area contributed by atoms with Crippen molar-refractivity contribution in [1.29, 1.82) is 0 Å². The van der Waals surface area contributed by atoms with Gasteiger partial charge < -0.3 is 15.3 Å². The van der Waals surface area contributed by atoms with Crippen molar-refractivity contribution in [3.05, 3.63) is 4.91 Å². The van der Waals surface area contributed by atoms with Gasteiger partial charge in [0.05, 0.1) is 13.2 Å². The van der Waals surface area contributed by atoms with E-state index in [4.69, 9.17) is 4.91 Å². The van der Waals surface area contributed by atoms with Crippen LogP contribution >= 0.6 is 0 Å². The molecule has 0 aromatic rings. The molecule has 0 aromatic heterocycles. The maximum atomic E-state index is 12.1. The van der Waals surface area contributed by atoms with E-state index in [1.807, 2.05) is 20.8 Å². The SMILES string of the molecule is CC(C)(C)C(NC=O)C(=O)N1CCC(O)C1.CC1(F)CC1.CN=O. The van der Waals surface area contributed by atoms with Crippen LogP contribution < -0.4 is 5.32 Å². The normalized spacial score (nSPS) is 22.1. The molecule has 1 aliphatic heterocycles. The van der Waals surface area contributed by atoms with Crippen molar-refractivity contribution in [3.8, 4) is 0 Å². The summed E-state index contributed by atoms with van der Waals surface area (Å²) in [4.78, 5) is 32.8. The number of carbonyl (C=O) groups excluding carboxylic acids is 2. The number of alkyl halides is 1. The highest BCUT2D eigenvalue weighted by atomic mass is 19.1. The number of halogens is 1. The molecule has 2 atom stereocenters. The Morgan fingerprint density at radius 2 is 1.92 bits per heavy atom. The quantitative estimate of drug-likeness (QED) is 0.599. The molecule has 1 saturated carbocycles.